The molecule has 0 fully saturated rings. The Labute approximate surface area is 117 Å². The fourth-order valence-corrected chi connectivity index (χ4v) is 2.79. The van der Waals surface area contributed by atoms with E-state index in [1.807, 2.05) is 13.0 Å². The van der Waals surface area contributed by atoms with Gasteiger partial charge >= 0.3 is 0 Å². The Morgan fingerprint density at radius 2 is 2.11 bits per heavy atom. The molecule has 0 saturated heterocycles. The lowest BCUT2D eigenvalue weighted by atomic mass is 10.1. The number of rotatable bonds is 5. The Morgan fingerprint density at radius 1 is 1.32 bits per heavy atom. The smallest absolute Gasteiger partial charge is 0.120 e. The van der Waals surface area contributed by atoms with Crippen LogP contribution in [-0.2, 0) is 6.54 Å². The van der Waals surface area contributed by atoms with E-state index in [9.17, 15) is 5.11 Å². The monoisotopic (exact) mass is 277 g/mol. The Morgan fingerprint density at radius 3 is 2.74 bits per heavy atom. The van der Waals surface area contributed by atoms with E-state index in [1.165, 1.54) is 9.75 Å². The number of ether oxygens (including phenoxy) is 1. The average molecular weight is 277 g/mol. The van der Waals surface area contributed by atoms with Gasteiger partial charge in [-0.2, -0.15) is 0 Å². The minimum Gasteiger partial charge on any atom is -0.508 e. The number of benzene rings is 1. The predicted molar refractivity (Wildman–Crippen MR) is 79.0 cm³/mol. The van der Waals surface area contributed by atoms with Gasteiger partial charge < -0.3 is 15.2 Å². The van der Waals surface area contributed by atoms with Crippen LogP contribution < -0.4 is 10.1 Å². The second-order valence-corrected chi connectivity index (χ2v) is 5.91. The average Bonchev–Trinajstić information content (AvgIpc) is 2.82. The topological polar surface area (TPSA) is 41.5 Å². The number of nitrogens with one attached hydrogen (secondary N) is 1. The Kier molecular flexibility index (Phi) is 4.45. The number of aryl methyl sites for hydroxylation is 1. The number of phenolic OH excluding ortho intramolecular Hbond substituents is 1. The molecule has 0 amide bonds. The van der Waals surface area contributed by atoms with Gasteiger partial charge in [-0.3, -0.25) is 0 Å². The van der Waals surface area contributed by atoms with E-state index in [2.05, 4.69) is 24.4 Å². The van der Waals surface area contributed by atoms with Gasteiger partial charge in [-0.1, -0.05) is 0 Å². The van der Waals surface area contributed by atoms with Gasteiger partial charge in [0.2, 0.25) is 0 Å². The van der Waals surface area contributed by atoms with Gasteiger partial charge in [-0.15, -0.1) is 11.3 Å². The zero-order valence-electron chi connectivity index (χ0n) is 11.4. The maximum Gasteiger partial charge on any atom is 0.120 e. The van der Waals surface area contributed by atoms with E-state index in [0.29, 0.717) is 5.75 Å². The van der Waals surface area contributed by atoms with E-state index in [4.69, 9.17) is 4.74 Å². The van der Waals surface area contributed by atoms with Crippen molar-refractivity contribution in [3.63, 3.8) is 0 Å². The molecule has 0 aliphatic rings. The van der Waals surface area contributed by atoms with Gasteiger partial charge in [0.25, 0.3) is 0 Å². The van der Waals surface area contributed by atoms with Gasteiger partial charge in [0.1, 0.15) is 11.5 Å². The summed E-state index contributed by atoms with van der Waals surface area (Å²) in [6, 6.07) is 9.61. The molecule has 0 saturated carbocycles. The molecule has 4 heteroatoms. The summed E-state index contributed by atoms with van der Waals surface area (Å²) in [5, 5.41) is 13.3. The first kappa shape index (κ1) is 13.9. The molecule has 0 spiro atoms. The van der Waals surface area contributed by atoms with Crippen molar-refractivity contribution in [3.05, 3.63) is 45.6 Å². The number of thiophene rings is 1. The first-order valence-corrected chi connectivity index (χ1v) is 7.07. The van der Waals surface area contributed by atoms with Gasteiger partial charge in [-0.25, -0.2) is 0 Å². The van der Waals surface area contributed by atoms with E-state index in [-0.39, 0.29) is 6.04 Å². The highest BCUT2D eigenvalue weighted by molar-refractivity contribution is 7.11. The van der Waals surface area contributed by atoms with E-state index in [1.54, 1.807) is 30.6 Å². The van der Waals surface area contributed by atoms with E-state index in [0.717, 1.165) is 17.9 Å². The summed E-state index contributed by atoms with van der Waals surface area (Å²) in [4.78, 5) is 2.61. The molecule has 1 aromatic carbocycles. The Bertz CT molecular complexity index is 551. The molecular formula is C15H19NO2S. The van der Waals surface area contributed by atoms with Crippen molar-refractivity contribution in [1.82, 2.24) is 5.32 Å². The van der Waals surface area contributed by atoms with Crippen LogP contribution in [0.5, 0.6) is 11.5 Å². The predicted octanol–water partition coefficient (Wildman–Crippen LogP) is 3.62. The SMILES string of the molecule is COc1ccc(O)c(C(C)NCc2ccc(C)s2)c1. The molecule has 0 aliphatic carbocycles. The van der Waals surface area contributed by atoms with E-state index >= 15 is 0 Å². The minimum atomic E-state index is 0.0671. The van der Waals surface area contributed by atoms with Crippen LogP contribution in [0.4, 0.5) is 0 Å². The van der Waals surface area contributed by atoms with E-state index < -0.39 is 0 Å². The van der Waals surface area contributed by atoms with Crippen molar-refractivity contribution >= 4 is 11.3 Å². The molecular weight excluding hydrogens is 258 g/mol. The first-order valence-electron chi connectivity index (χ1n) is 6.25. The largest absolute Gasteiger partial charge is 0.508 e. The second kappa shape index (κ2) is 6.08. The van der Waals surface area contributed by atoms with Gasteiger partial charge in [0, 0.05) is 27.9 Å². The van der Waals surface area contributed by atoms with Crippen molar-refractivity contribution in [1.29, 1.82) is 0 Å². The van der Waals surface area contributed by atoms with Crippen LogP contribution in [0.2, 0.25) is 0 Å². The van der Waals surface area contributed by atoms with Crippen LogP contribution >= 0.6 is 11.3 Å². The molecule has 2 aromatic rings. The molecule has 0 radical (unpaired) electrons. The number of phenols is 1. The van der Waals surface area contributed by atoms with Crippen LogP contribution in [0.3, 0.4) is 0 Å². The maximum absolute atomic E-state index is 9.91. The highest BCUT2D eigenvalue weighted by Gasteiger charge is 2.11. The third-order valence-corrected chi connectivity index (χ3v) is 4.08. The summed E-state index contributed by atoms with van der Waals surface area (Å²) < 4.78 is 5.19. The fourth-order valence-electron chi connectivity index (χ4n) is 1.95. The van der Waals surface area contributed by atoms with Crippen molar-refractivity contribution < 1.29 is 9.84 Å². The molecule has 1 unspecified atom stereocenters. The molecule has 19 heavy (non-hydrogen) atoms. The van der Waals surface area contributed by atoms with Gasteiger partial charge in [0.05, 0.1) is 7.11 Å². The molecule has 2 N–H and O–H groups in total. The zero-order chi connectivity index (χ0) is 13.8. The minimum absolute atomic E-state index is 0.0671. The van der Waals surface area contributed by atoms with Crippen LogP contribution in [-0.4, -0.2) is 12.2 Å². The third kappa shape index (κ3) is 3.49. The Hall–Kier alpha value is -1.52. The van der Waals surface area contributed by atoms with Crippen molar-refractivity contribution in [3.8, 4) is 11.5 Å². The van der Waals surface area contributed by atoms with Crippen LogP contribution in [0.15, 0.2) is 30.3 Å². The lowest BCUT2D eigenvalue weighted by Gasteiger charge is -2.16. The van der Waals surface area contributed by atoms with Gasteiger partial charge in [-0.05, 0) is 44.2 Å². The summed E-state index contributed by atoms with van der Waals surface area (Å²) in [6.07, 6.45) is 0. The highest BCUT2D eigenvalue weighted by Crippen LogP contribution is 2.28. The number of aromatic hydroxyl groups is 1. The highest BCUT2D eigenvalue weighted by atomic mass is 32.1. The molecule has 0 aliphatic heterocycles. The molecule has 102 valence electrons. The molecule has 0 bridgehead atoms. The maximum atomic E-state index is 9.91. The lowest BCUT2D eigenvalue weighted by molar-refractivity contribution is 0.407. The summed E-state index contributed by atoms with van der Waals surface area (Å²) in [5.41, 5.74) is 0.854. The summed E-state index contributed by atoms with van der Waals surface area (Å²) >= 11 is 1.79. The van der Waals surface area contributed by atoms with Gasteiger partial charge in [0.15, 0.2) is 0 Å². The third-order valence-electron chi connectivity index (χ3n) is 3.08. The fraction of sp³-hybridized carbons (Fsp3) is 0.333. The number of hydrogen-bond donors (Lipinski definition) is 2. The summed E-state index contributed by atoms with van der Waals surface area (Å²) in [5.74, 6) is 1.05. The number of methoxy groups -OCH3 is 1. The summed E-state index contributed by atoms with van der Waals surface area (Å²) in [7, 11) is 1.63. The molecule has 1 aromatic heterocycles. The molecule has 1 heterocycles. The normalized spacial score (nSPS) is 12.4. The lowest BCUT2D eigenvalue weighted by Crippen LogP contribution is -2.17. The number of hydrogen-bond acceptors (Lipinski definition) is 4. The second-order valence-electron chi connectivity index (χ2n) is 4.54. The van der Waals surface area contributed by atoms with Crippen LogP contribution in [0.25, 0.3) is 0 Å². The molecule has 3 nitrogen and oxygen atoms in total. The first-order chi connectivity index (χ1) is 9.10. The molecule has 2 rings (SSSR count). The quantitative estimate of drug-likeness (QED) is 0.877. The van der Waals surface area contributed by atoms with Crippen molar-refractivity contribution in [2.75, 3.05) is 7.11 Å². The zero-order valence-corrected chi connectivity index (χ0v) is 12.3. The summed E-state index contributed by atoms with van der Waals surface area (Å²) in [6.45, 7) is 4.94. The van der Waals surface area contributed by atoms with Crippen LogP contribution in [0.1, 0.15) is 28.3 Å². The van der Waals surface area contributed by atoms with Crippen molar-refractivity contribution in [2.45, 2.75) is 26.4 Å². The van der Waals surface area contributed by atoms with Crippen molar-refractivity contribution in [2.24, 2.45) is 0 Å². The van der Waals surface area contributed by atoms with Crippen LogP contribution in [0, 0.1) is 6.92 Å². The standard InChI is InChI=1S/C15H19NO2S/c1-10-4-6-13(19-10)9-16-11(2)14-8-12(18-3)5-7-15(14)17/h4-8,11,16-17H,9H2,1-3H3. The molecule has 1 atom stereocenters. The Balaban J connectivity index is 2.04.